The first-order valence-electron chi connectivity index (χ1n) is 8.75. The quantitative estimate of drug-likeness (QED) is 0.593. The molecule has 0 unspecified atom stereocenters. The molecule has 1 N–H and O–H groups in total. The number of carbonyl (C=O) groups is 1. The van der Waals surface area contributed by atoms with E-state index in [-0.39, 0.29) is 5.91 Å². The number of unbranched alkanes of at least 4 members (excludes halogenated alkanes) is 1. The zero-order valence-corrected chi connectivity index (χ0v) is 14.5. The number of nitrogens with zero attached hydrogens (tertiary/aromatic N) is 4. The number of para-hydroxylation sites is 1. The first-order chi connectivity index (χ1) is 12.8. The lowest BCUT2D eigenvalue weighted by Gasteiger charge is -2.02. The maximum atomic E-state index is 12.5. The van der Waals surface area contributed by atoms with Gasteiger partial charge in [-0.2, -0.15) is 5.10 Å². The summed E-state index contributed by atoms with van der Waals surface area (Å²) in [5, 5.41) is 9.35. The van der Waals surface area contributed by atoms with Gasteiger partial charge in [-0.05, 0) is 30.7 Å². The average molecular weight is 345 g/mol. The number of nitrogens with one attached hydrogen (secondary N) is 1. The van der Waals surface area contributed by atoms with Gasteiger partial charge in [0.1, 0.15) is 5.69 Å². The van der Waals surface area contributed by atoms with Crippen molar-refractivity contribution in [2.45, 2.75) is 26.3 Å². The van der Waals surface area contributed by atoms with Crippen LogP contribution in [0.25, 0.3) is 21.9 Å². The van der Waals surface area contributed by atoms with E-state index in [2.05, 4.69) is 22.3 Å². The summed E-state index contributed by atoms with van der Waals surface area (Å²) < 4.78 is 1.87. The maximum absolute atomic E-state index is 12.5. The molecule has 4 rings (SSSR count). The summed E-state index contributed by atoms with van der Waals surface area (Å²) >= 11 is 0. The third-order valence-electron chi connectivity index (χ3n) is 4.28. The first kappa shape index (κ1) is 16.2. The van der Waals surface area contributed by atoms with E-state index in [4.69, 9.17) is 4.98 Å². The number of rotatable bonds is 5. The van der Waals surface area contributed by atoms with Crippen LogP contribution in [-0.4, -0.2) is 25.7 Å². The molecule has 1 aromatic carbocycles. The van der Waals surface area contributed by atoms with Crippen molar-refractivity contribution >= 4 is 33.7 Å². The standard InChI is InChI=1S/C20H19N5O/c1-2-3-12-25-19-15(13-14-8-4-5-9-16(14)22-19)18(24-25)23-20(26)17-10-6-7-11-21-17/h4-11,13H,2-3,12H2,1H3,(H,23,24,26). The molecular weight excluding hydrogens is 326 g/mol. The molecule has 0 aliphatic rings. The van der Waals surface area contributed by atoms with Gasteiger partial charge in [0.05, 0.1) is 10.9 Å². The highest BCUT2D eigenvalue weighted by molar-refractivity contribution is 6.07. The fourth-order valence-electron chi connectivity index (χ4n) is 2.92. The second-order valence-electron chi connectivity index (χ2n) is 6.15. The number of aryl methyl sites for hydroxylation is 1. The second-order valence-corrected chi connectivity index (χ2v) is 6.15. The summed E-state index contributed by atoms with van der Waals surface area (Å²) in [4.78, 5) is 21.4. The number of hydrogen-bond acceptors (Lipinski definition) is 4. The SMILES string of the molecule is CCCCn1nc(NC(=O)c2ccccn2)c2cc3ccccc3nc21. The van der Waals surface area contributed by atoms with Gasteiger partial charge in [0.2, 0.25) is 0 Å². The second kappa shape index (κ2) is 6.92. The van der Waals surface area contributed by atoms with Crippen LogP contribution >= 0.6 is 0 Å². The number of aromatic nitrogens is 4. The minimum absolute atomic E-state index is 0.277. The summed E-state index contributed by atoms with van der Waals surface area (Å²) in [5.41, 5.74) is 2.06. The first-order valence-corrected chi connectivity index (χ1v) is 8.75. The van der Waals surface area contributed by atoms with Crippen molar-refractivity contribution in [2.24, 2.45) is 0 Å². The third kappa shape index (κ3) is 3.01. The number of pyridine rings is 2. The van der Waals surface area contributed by atoms with Gasteiger partial charge in [0.15, 0.2) is 11.5 Å². The van der Waals surface area contributed by atoms with Crippen LogP contribution in [0.1, 0.15) is 30.3 Å². The molecule has 0 saturated heterocycles. The van der Waals surface area contributed by atoms with Crippen molar-refractivity contribution in [3.8, 4) is 0 Å². The molecular formula is C20H19N5O. The predicted octanol–water partition coefficient (Wildman–Crippen LogP) is 4.03. The summed E-state index contributed by atoms with van der Waals surface area (Å²) in [6.07, 6.45) is 3.66. The number of amides is 1. The maximum Gasteiger partial charge on any atom is 0.275 e. The third-order valence-corrected chi connectivity index (χ3v) is 4.28. The molecule has 0 atom stereocenters. The number of fused-ring (bicyclic) bond motifs is 2. The van der Waals surface area contributed by atoms with E-state index in [1.54, 1.807) is 24.4 Å². The van der Waals surface area contributed by atoms with Crippen LogP contribution in [0, 0.1) is 0 Å². The van der Waals surface area contributed by atoms with Crippen molar-refractivity contribution in [3.63, 3.8) is 0 Å². The van der Waals surface area contributed by atoms with Gasteiger partial charge in [-0.25, -0.2) is 9.67 Å². The van der Waals surface area contributed by atoms with E-state index in [1.807, 2.05) is 35.0 Å². The van der Waals surface area contributed by atoms with Crippen molar-refractivity contribution in [1.82, 2.24) is 19.7 Å². The lowest BCUT2D eigenvalue weighted by Crippen LogP contribution is -2.14. The fraction of sp³-hybridized carbons (Fsp3) is 0.200. The summed E-state index contributed by atoms with van der Waals surface area (Å²) in [5.74, 6) is 0.241. The van der Waals surface area contributed by atoms with E-state index in [0.717, 1.165) is 41.3 Å². The van der Waals surface area contributed by atoms with Gasteiger partial charge >= 0.3 is 0 Å². The number of hydrogen-bond donors (Lipinski definition) is 1. The smallest absolute Gasteiger partial charge is 0.275 e. The normalized spacial score (nSPS) is 11.1. The Morgan fingerprint density at radius 1 is 1.15 bits per heavy atom. The number of anilines is 1. The lowest BCUT2D eigenvalue weighted by molar-refractivity contribution is 0.102. The Bertz CT molecular complexity index is 1070. The molecule has 0 saturated carbocycles. The summed E-state index contributed by atoms with van der Waals surface area (Å²) in [7, 11) is 0. The van der Waals surface area contributed by atoms with Crippen LogP contribution in [0.5, 0.6) is 0 Å². The van der Waals surface area contributed by atoms with Crippen LogP contribution in [0.15, 0.2) is 54.7 Å². The molecule has 6 nitrogen and oxygen atoms in total. The van der Waals surface area contributed by atoms with Crippen molar-refractivity contribution in [2.75, 3.05) is 5.32 Å². The summed E-state index contributed by atoms with van der Waals surface area (Å²) in [6, 6.07) is 15.2. The van der Waals surface area contributed by atoms with E-state index in [1.165, 1.54) is 0 Å². The van der Waals surface area contributed by atoms with Crippen molar-refractivity contribution in [1.29, 1.82) is 0 Å². The minimum Gasteiger partial charge on any atom is -0.303 e. The zero-order chi connectivity index (χ0) is 17.9. The van der Waals surface area contributed by atoms with Gasteiger partial charge in [0.25, 0.3) is 5.91 Å². The molecule has 1 amide bonds. The Morgan fingerprint density at radius 2 is 2.00 bits per heavy atom. The van der Waals surface area contributed by atoms with Crippen LogP contribution in [-0.2, 0) is 6.54 Å². The van der Waals surface area contributed by atoms with E-state index >= 15 is 0 Å². The minimum atomic E-state index is -0.277. The Balaban J connectivity index is 1.80. The largest absolute Gasteiger partial charge is 0.303 e. The number of benzene rings is 1. The molecule has 4 aromatic rings. The van der Waals surface area contributed by atoms with Gasteiger partial charge < -0.3 is 5.32 Å². The molecule has 0 aliphatic heterocycles. The fourth-order valence-corrected chi connectivity index (χ4v) is 2.92. The molecule has 0 fully saturated rings. The van der Waals surface area contributed by atoms with E-state index in [0.29, 0.717) is 11.5 Å². The average Bonchev–Trinajstić information content (AvgIpc) is 3.01. The number of carbonyl (C=O) groups excluding carboxylic acids is 1. The lowest BCUT2D eigenvalue weighted by atomic mass is 10.2. The molecule has 0 bridgehead atoms. The van der Waals surface area contributed by atoms with Crippen LogP contribution in [0.3, 0.4) is 0 Å². The molecule has 26 heavy (non-hydrogen) atoms. The van der Waals surface area contributed by atoms with Crippen molar-refractivity contribution < 1.29 is 4.79 Å². The molecule has 6 heteroatoms. The molecule has 0 radical (unpaired) electrons. The predicted molar refractivity (Wildman–Crippen MR) is 102 cm³/mol. The zero-order valence-electron chi connectivity index (χ0n) is 14.5. The molecule has 0 spiro atoms. The van der Waals surface area contributed by atoms with Crippen LogP contribution in [0.4, 0.5) is 5.82 Å². The van der Waals surface area contributed by atoms with Crippen molar-refractivity contribution in [3.05, 3.63) is 60.4 Å². The summed E-state index contributed by atoms with van der Waals surface area (Å²) in [6.45, 7) is 2.90. The molecule has 130 valence electrons. The monoisotopic (exact) mass is 345 g/mol. The Kier molecular flexibility index (Phi) is 4.31. The highest BCUT2D eigenvalue weighted by Crippen LogP contribution is 2.26. The molecule has 3 heterocycles. The molecule has 0 aliphatic carbocycles. The van der Waals surface area contributed by atoms with Gasteiger partial charge in [-0.3, -0.25) is 9.78 Å². The highest BCUT2D eigenvalue weighted by atomic mass is 16.2. The Morgan fingerprint density at radius 3 is 2.81 bits per heavy atom. The van der Waals surface area contributed by atoms with Crippen LogP contribution < -0.4 is 5.32 Å². The van der Waals surface area contributed by atoms with E-state index in [9.17, 15) is 4.79 Å². The topological polar surface area (TPSA) is 72.7 Å². The van der Waals surface area contributed by atoms with Gasteiger partial charge in [-0.15, -0.1) is 0 Å². The Labute approximate surface area is 150 Å². The van der Waals surface area contributed by atoms with Gasteiger partial charge in [0, 0.05) is 18.1 Å². The highest BCUT2D eigenvalue weighted by Gasteiger charge is 2.16. The van der Waals surface area contributed by atoms with Gasteiger partial charge in [-0.1, -0.05) is 37.6 Å². The van der Waals surface area contributed by atoms with Crippen LogP contribution in [0.2, 0.25) is 0 Å². The Hall–Kier alpha value is -3.28. The molecule has 3 aromatic heterocycles. The van der Waals surface area contributed by atoms with E-state index < -0.39 is 0 Å².